The molecule has 0 aliphatic carbocycles. The summed E-state index contributed by atoms with van der Waals surface area (Å²) in [6.45, 7) is 3.25. The number of nitrogens with two attached hydrogens (primary N) is 1. The van der Waals surface area contributed by atoms with E-state index < -0.39 is 15.1 Å². The van der Waals surface area contributed by atoms with Gasteiger partial charge in [0.25, 0.3) is 0 Å². The molecule has 94 valence electrons. The van der Waals surface area contributed by atoms with Crippen LogP contribution in [0.3, 0.4) is 0 Å². The lowest BCUT2D eigenvalue weighted by atomic mass is 10.1. The fourth-order valence-corrected chi connectivity index (χ4v) is 3.01. The molecule has 0 bridgehead atoms. The standard InChI is InChI=1S/C12H17NO3S/c1-3-11(17(15,16)4-2)12(14)9-5-7-10(13)8-6-9/h5-8,11H,3-4,13H2,1-2H3/t11-/m0/s1. The Bertz CT molecular complexity index is 491. The molecule has 0 aliphatic heterocycles. The van der Waals surface area contributed by atoms with Crippen molar-refractivity contribution in [2.45, 2.75) is 25.5 Å². The van der Waals surface area contributed by atoms with Gasteiger partial charge in [-0.2, -0.15) is 0 Å². The molecule has 0 heterocycles. The van der Waals surface area contributed by atoms with Crippen molar-refractivity contribution in [3.05, 3.63) is 29.8 Å². The second-order valence-electron chi connectivity index (χ2n) is 3.83. The van der Waals surface area contributed by atoms with Gasteiger partial charge in [-0.1, -0.05) is 13.8 Å². The van der Waals surface area contributed by atoms with Crippen molar-refractivity contribution in [1.82, 2.24) is 0 Å². The molecule has 1 rings (SSSR count). The van der Waals surface area contributed by atoms with Crippen molar-refractivity contribution in [3.63, 3.8) is 0 Å². The maximum absolute atomic E-state index is 12.1. The monoisotopic (exact) mass is 255 g/mol. The highest BCUT2D eigenvalue weighted by atomic mass is 32.2. The number of Topliss-reactive ketones (excluding diaryl/α,β-unsaturated/α-hetero) is 1. The van der Waals surface area contributed by atoms with Crippen LogP contribution in [0.1, 0.15) is 30.6 Å². The van der Waals surface area contributed by atoms with Crippen LogP contribution in [0.15, 0.2) is 24.3 Å². The molecule has 1 aromatic carbocycles. The first-order valence-electron chi connectivity index (χ1n) is 5.53. The van der Waals surface area contributed by atoms with Crippen LogP contribution >= 0.6 is 0 Å². The van der Waals surface area contributed by atoms with Gasteiger partial charge >= 0.3 is 0 Å². The van der Waals surface area contributed by atoms with Gasteiger partial charge in [-0.25, -0.2) is 8.42 Å². The average molecular weight is 255 g/mol. The highest BCUT2D eigenvalue weighted by Crippen LogP contribution is 2.15. The van der Waals surface area contributed by atoms with Gasteiger partial charge in [0.15, 0.2) is 15.6 Å². The van der Waals surface area contributed by atoms with Crippen LogP contribution in [0.5, 0.6) is 0 Å². The lowest BCUT2D eigenvalue weighted by Gasteiger charge is -2.13. The van der Waals surface area contributed by atoms with Crippen molar-refractivity contribution >= 4 is 21.3 Å². The SMILES string of the molecule is CC[C@@H](C(=O)c1ccc(N)cc1)S(=O)(=O)CC. The quantitative estimate of drug-likeness (QED) is 0.641. The topological polar surface area (TPSA) is 77.2 Å². The summed E-state index contributed by atoms with van der Waals surface area (Å²) in [6, 6.07) is 6.31. The lowest BCUT2D eigenvalue weighted by Crippen LogP contribution is -2.31. The van der Waals surface area contributed by atoms with E-state index in [1.165, 1.54) is 0 Å². The number of anilines is 1. The van der Waals surface area contributed by atoms with E-state index >= 15 is 0 Å². The number of benzene rings is 1. The summed E-state index contributed by atoms with van der Waals surface area (Å²) in [7, 11) is -3.35. The minimum Gasteiger partial charge on any atom is -0.399 e. The zero-order valence-electron chi connectivity index (χ0n) is 10.0. The molecule has 0 aromatic heterocycles. The first-order chi connectivity index (χ1) is 7.92. The predicted molar refractivity (Wildman–Crippen MR) is 68.7 cm³/mol. The molecule has 0 spiro atoms. The Morgan fingerprint density at radius 3 is 2.18 bits per heavy atom. The fourth-order valence-electron chi connectivity index (χ4n) is 1.64. The Labute approximate surface area is 102 Å². The number of carbonyl (C=O) groups is 1. The van der Waals surface area contributed by atoms with E-state index in [-0.39, 0.29) is 11.5 Å². The third kappa shape index (κ3) is 3.06. The van der Waals surface area contributed by atoms with E-state index in [1.807, 2.05) is 0 Å². The molecule has 1 aromatic rings. The number of sulfone groups is 1. The Hall–Kier alpha value is -1.36. The first kappa shape index (κ1) is 13.7. The summed E-state index contributed by atoms with van der Waals surface area (Å²) in [5.41, 5.74) is 6.46. The molecule has 2 N–H and O–H groups in total. The Morgan fingerprint density at radius 1 is 1.24 bits per heavy atom. The summed E-state index contributed by atoms with van der Waals surface area (Å²) < 4.78 is 23.5. The number of rotatable bonds is 5. The van der Waals surface area contributed by atoms with Crippen LogP contribution in [-0.2, 0) is 9.84 Å². The third-order valence-corrected chi connectivity index (χ3v) is 4.91. The zero-order valence-corrected chi connectivity index (χ0v) is 10.8. The molecule has 17 heavy (non-hydrogen) atoms. The molecular weight excluding hydrogens is 238 g/mol. The van der Waals surface area contributed by atoms with Crippen molar-refractivity contribution in [2.75, 3.05) is 11.5 Å². The van der Waals surface area contributed by atoms with E-state index in [4.69, 9.17) is 5.73 Å². The van der Waals surface area contributed by atoms with Gasteiger partial charge in [-0.3, -0.25) is 4.79 Å². The summed E-state index contributed by atoms with van der Waals surface area (Å²) in [6.07, 6.45) is 0.291. The van der Waals surface area contributed by atoms with Gasteiger partial charge in [0.1, 0.15) is 5.25 Å². The molecule has 0 saturated heterocycles. The minimum absolute atomic E-state index is 0.0216. The van der Waals surface area contributed by atoms with Crippen LogP contribution < -0.4 is 5.73 Å². The molecule has 0 saturated carbocycles. The minimum atomic E-state index is -3.35. The third-order valence-electron chi connectivity index (χ3n) is 2.69. The molecule has 5 heteroatoms. The molecule has 0 aliphatic rings. The highest BCUT2D eigenvalue weighted by molar-refractivity contribution is 7.92. The summed E-state index contributed by atoms with van der Waals surface area (Å²) in [4.78, 5) is 12.1. The largest absolute Gasteiger partial charge is 0.399 e. The van der Waals surface area contributed by atoms with Crippen LogP contribution in [-0.4, -0.2) is 25.2 Å². The molecule has 0 fully saturated rings. The highest BCUT2D eigenvalue weighted by Gasteiger charge is 2.29. The number of hydrogen-bond acceptors (Lipinski definition) is 4. The maximum atomic E-state index is 12.1. The van der Waals surface area contributed by atoms with Crippen molar-refractivity contribution in [3.8, 4) is 0 Å². The van der Waals surface area contributed by atoms with E-state index in [0.29, 0.717) is 17.7 Å². The van der Waals surface area contributed by atoms with E-state index in [2.05, 4.69) is 0 Å². The summed E-state index contributed by atoms with van der Waals surface area (Å²) >= 11 is 0. The fraction of sp³-hybridized carbons (Fsp3) is 0.417. The van der Waals surface area contributed by atoms with Gasteiger partial charge in [-0.15, -0.1) is 0 Å². The van der Waals surface area contributed by atoms with Crippen LogP contribution in [0.25, 0.3) is 0 Å². The smallest absolute Gasteiger partial charge is 0.180 e. The summed E-state index contributed by atoms with van der Waals surface area (Å²) in [5, 5.41) is -0.948. The van der Waals surface area contributed by atoms with E-state index in [0.717, 1.165) is 0 Å². The molecule has 0 unspecified atom stereocenters. The molecular formula is C12H17NO3S. The van der Waals surface area contributed by atoms with Crippen LogP contribution in [0.4, 0.5) is 5.69 Å². The number of hydrogen-bond donors (Lipinski definition) is 1. The Kier molecular flexibility index (Phi) is 4.28. The predicted octanol–water partition coefficient (Wildman–Crippen LogP) is 1.66. The number of ketones is 1. The summed E-state index contributed by atoms with van der Waals surface area (Å²) in [5.74, 6) is -0.374. The van der Waals surface area contributed by atoms with Gasteiger partial charge in [0.2, 0.25) is 0 Å². The normalized spacial score (nSPS) is 13.3. The van der Waals surface area contributed by atoms with Crippen LogP contribution in [0, 0.1) is 0 Å². The van der Waals surface area contributed by atoms with E-state index in [1.54, 1.807) is 38.1 Å². The first-order valence-corrected chi connectivity index (χ1v) is 7.25. The van der Waals surface area contributed by atoms with Gasteiger partial charge in [0, 0.05) is 17.0 Å². The van der Waals surface area contributed by atoms with Crippen molar-refractivity contribution < 1.29 is 13.2 Å². The Balaban J connectivity index is 3.07. The average Bonchev–Trinajstić information content (AvgIpc) is 2.30. The second kappa shape index (κ2) is 5.31. The Morgan fingerprint density at radius 2 is 1.76 bits per heavy atom. The van der Waals surface area contributed by atoms with Crippen molar-refractivity contribution in [1.29, 1.82) is 0 Å². The molecule has 0 amide bonds. The second-order valence-corrected chi connectivity index (χ2v) is 6.31. The molecule has 4 nitrogen and oxygen atoms in total. The number of nitrogen functional groups attached to an aromatic ring is 1. The molecule has 1 atom stereocenters. The maximum Gasteiger partial charge on any atom is 0.180 e. The lowest BCUT2D eigenvalue weighted by molar-refractivity contribution is 0.0985. The zero-order chi connectivity index (χ0) is 13.1. The van der Waals surface area contributed by atoms with Crippen molar-refractivity contribution in [2.24, 2.45) is 0 Å². The van der Waals surface area contributed by atoms with Gasteiger partial charge in [0.05, 0.1) is 0 Å². The van der Waals surface area contributed by atoms with Gasteiger partial charge < -0.3 is 5.73 Å². The number of carbonyl (C=O) groups excluding carboxylic acids is 1. The van der Waals surface area contributed by atoms with E-state index in [9.17, 15) is 13.2 Å². The molecule has 0 radical (unpaired) electrons. The van der Waals surface area contributed by atoms with Crippen LogP contribution in [0.2, 0.25) is 0 Å². The van der Waals surface area contributed by atoms with Gasteiger partial charge in [-0.05, 0) is 30.7 Å².